The molecule has 3 atom stereocenters. The van der Waals surface area contributed by atoms with Crippen LogP contribution in [0.2, 0.25) is 0 Å². The van der Waals surface area contributed by atoms with Crippen molar-refractivity contribution in [3.63, 3.8) is 0 Å². The Morgan fingerprint density at radius 2 is 2.04 bits per heavy atom. The summed E-state index contributed by atoms with van der Waals surface area (Å²) in [5.41, 5.74) is 0.886. The van der Waals surface area contributed by atoms with Gasteiger partial charge in [0.2, 0.25) is 11.8 Å². The van der Waals surface area contributed by atoms with E-state index in [9.17, 15) is 14.7 Å². The van der Waals surface area contributed by atoms with Crippen LogP contribution in [0.1, 0.15) is 18.9 Å². The Hall–Kier alpha value is -2.38. The quantitative estimate of drug-likeness (QED) is 0.624. The molecule has 0 unspecified atom stereocenters. The fourth-order valence-electron chi connectivity index (χ4n) is 2.67. The second-order valence-corrected chi connectivity index (χ2v) is 5.80. The van der Waals surface area contributed by atoms with Crippen LogP contribution in [0.5, 0.6) is 5.75 Å². The van der Waals surface area contributed by atoms with Gasteiger partial charge in [0.15, 0.2) is 0 Å². The molecule has 1 aliphatic rings. The second-order valence-electron chi connectivity index (χ2n) is 5.80. The van der Waals surface area contributed by atoms with Crippen LogP contribution in [0.3, 0.4) is 0 Å². The molecule has 136 valence electrons. The van der Waals surface area contributed by atoms with E-state index in [0.717, 1.165) is 11.3 Å². The number of amides is 2. The van der Waals surface area contributed by atoms with Crippen LogP contribution in [-0.4, -0.2) is 48.9 Å². The highest BCUT2D eigenvalue weighted by Gasteiger charge is 2.28. The molecule has 1 aromatic carbocycles. The minimum Gasteiger partial charge on any atom is -0.496 e. The number of nitrogens with one attached hydrogen (secondary N) is 2. The third-order valence-electron chi connectivity index (χ3n) is 3.89. The van der Waals surface area contributed by atoms with Gasteiger partial charge in [-0.05, 0) is 6.07 Å². The highest BCUT2D eigenvalue weighted by Crippen LogP contribution is 2.18. The molecule has 1 aromatic rings. The molecule has 0 fully saturated rings. The van der Waals surface area contributed by atoms with E-state index in [4.69, 9.17) is 9.47 Å². The number of hydrogen-bond donors (Lipinski definition) is 3. The number of ether oxygens (including phenoxy) is 2. The highest BCUT2D eigenvalue weighted by molar-refractivity contribution is 5.77. The van der Waals surface area contributed by atoms with Crippen molar-refractivity contribution in [1.29, 1.82) is 0 Å². The lowest BCUT2D eigenvalue weighted by Gasteiger charge is -2.31. The molecule has 0 saturated heterocycles. The smallest absolute Gasteiger partial charge is 0.223 e. The van der Waals surface area contributed by atoms with Crippen LogP contribution in [-0.2, 0) is 20.9 Å². The molecule has 3 N–H and O–H groups in total. The lowest BCUT2D eigenvalue weighted by atomic mass is 10.0. The van der Waals surface area contributed by atoms with Gasteiger partial charge in [-0.15, -0.1) is 0 Å². The molecule has 1 heterocycles. The summed E-state index contributed by atoms with van der Waals surface area (Å²) < 4.78 is 10.9. The van der Waals surface area contributed by atoms with E-state index in [0.29, 0.717) is 6.54 Å². The first-order valence-corrected chi connectivity index (χ1v) is 8.13. The SMILES string of the molecule is COc1ccccc1CNC(=O)C[C@@H]1C=C[C@H](NC(C)=O)[C@H](CO)O1. The Labute approximate surface area is 147 Å². The van der Waals surface area contributed by atoms with Gasteiger partial charge in [-0.1, -0.05) is 30.4 Å². The topological polar surface area (TPSA) is 96.9 Å². The summed E-state index contributed by atoms with van der Waals surface area (Å²) >= 11 is 0. The normalized spacial score (nSPS) is 22.3. The summed E-state index contributed by atoms with van der Waals surface area (Å²) in [6.45, 7) is 1.52. The van der Waals surface area contributed by atoms with Crippen molar-refractivity contribution in [3.8, 4) is 5.75 Å². The van der Waals surface area contributed by atoms with E-state index in [1.165, 1.54) is 6.92 Å². The van der Waals surface area contributed by atoms with Crippen LogP contribution >= 0.6 is 0 Å². The number of aliphatic hydroxyl groups excluding tert-OH is 1. The summed E-state index contributed by atoms with van der Waals surface area (Å²) in [5, 5.41) is 14.9. The van der Waals surface area contributed by atoms with Gasteiger partial charge in [-0.25, -0.2) is 0 Å². The Kier molecular flexibility index (Phi) is 6.97. The van der Waals surface area contributed by atoms with Crippen LogP contribution < -0.4 is 15.4 Å². The van der Waals surface area contributed by atoms with Gasteiger partial charge >= 0.3 is 0 Å². The molecule has 25 heavy (non-hydrogen) atoms. The molecule has 0 saturated carbocycles. The predicted molar refractivity (Wildman–Crippen MR) is 91.9 cm³/mol. The van der Waals surface area contributed by atoms with Crippen LogP contribution in [0.25, 0.3) is 0 Å². The zero-order valence-electron chi connectivity index (χ0n) is 14.4. The zero-order chi connectivity index (χ0) is 18.2. The van der Waals surface area contributed by atoms with Crippen molar-refractivity contribution in [3.05, 3.63) is 42.0 Å². The molecule has 1 aliphatic heterocycles. The summed E-state index contributed by atoms with van der Waals surface area (Å²) in [7, 11) is 1.59. The van der Waals surface area contributed by atoms with E-state index < -0.39 is 18.2 Å². The number of benzene rings is 1. The predicted octanol–water partition coefficient (Wildman–Crippen LogP) is 0.522. The Morgan fingerprint density at radius 3 is 2.72 bits per heavy atom. The molecule has 2 amide bonds. The number of rotatable bonds is 7. The average molecular weight is 348 g/mol. The number of para-hydroxylation sites is 1. The van der Waals surface area contributed by atoms with Crippen molar-refractivity contribution >= 4 is 11.8 Å². The Bertz CT molecular complexity index is 632. The maximum absolute atomic E-state index is 12.1. The Morgan fingerprint density at radius 1 is 1.28 bits per heavy atom. The minimum absolute atomic E-state index is 0.134. The molecule has 0 aromatic heterocycles. The van der Waals surface area contributed by atoms with Crippen molar-refractivity contribution in [2.24, 2.45) is 0 Å². The van der Waals surface area contributed by atoms with Gasteiger partial charge in [-0.3, -0.25) is 9.59 Å². The third kappa shape index (κ3) is 5.58. The molecule has 7 nitrogen and oxygen atoms in total. The average Bonchev–Trinajstić information content (AvgIpc) is 2.61. The molecule has 0 aliphatic carbocycles. The number of hydrogen-bond acceptors (Lipinski definition) is 5. The summed E-state index contributed by atoms with van der Waals surface area (Å²) in [5.74, 6) is 0.343. The van der Waals surface area contributed by atoms with Gasteiger partial charge in [-0.2, -0.15) is 0 Å². The van der Waals surface area contributed by atoms with Gasteiger partial charge < -0.3 is 25.2 Å². The molecule has 7 heteroatoms. The number of methoxy groups -OCH3 is 1. The van der Waals surface area contributed by atoms with E-state index in [2.05, 4.69) is 10.6 Å². The fraction of sp³-hybridized carbons (Fsp3) is 0.444. The fourth-order valence-corrected chi connectivity index (χ4v) is 2.67. The van der Waals surface area contributed by atoms with Crippen molar-refractivity contribution in [1.82, 2.24) is 10.6 Å². The highest BCUT2D eigenvalue weighted by atomic mass is 16.5. The molecule has 0 radical (unpaired) electrons. The first-order valence-electron chi connectivity index (χ1n) is 8.13. The first kappa shape index (κ1) is 19.0. The number of carbonyl (C=O) groups is 2. The Balaban J connectivity index is 1.87. The van der Waals surface area contributed by atoms with Crippen LogP contribution in [0.4, 0.5) is 0 Å². The van der Waals surface area contributed by atoms with Crippen LogP contribution in [0, 0.1) is 0 Å². The number of carbonyl (C=O) groups excluding carboxylic acids is 2. The maximum atomic E-state index is 12.1. The molecular weight excluding hydrogens is 324 g/mol. The molecule has 0 spiro atoms. The maximum Gasteiger partial charge on any atom is 0.223 e. The lowest BCUT2D eigenvalue weighted by molar-refractivity contribution is -0.127. The standard InChI is InChI=1S/C18H24N2O5/c1-12(22)20-15-8-7-14(25-17(15)11-21)9-18(23)19-10-13-5-3-4-6-16(13)24-2/h3-8,14-15,17,21H,9-11H2,1-2H3,(H,19,23)(H,20,22)/t14-,15-,17-/m0/s1. The van der Waals surface area contributed by atoms with Crippen molar-refractivity contribution in [2.45, 2.75) is 38.1 Å². The zero-order valence-corrected chi connectivity index (χ0v) is 14.4. The van der Waals surface area contributed by atoms with Crippen LogP contribution in [0.15, 0.2) is 36.4 Å². The minimum atomic E-state index is -0.569. The van der Waals surface area contributed by atoms with E-state index >= 15 is 0 Å². The molecular formula is C18H24N2O5. The van der Waals surface area contributed by atoms with E-state index in [1.54, 1.807) is 19.3 Å². The van der Waals surface area contributed by atoms with Crippen molar-refractivity contribution in [2.75, 3.05) is 13.7 Å². The van der Waals surface area contributed by atoms with E-state index in [1.807, 2.05) is 24.3 Å². The van der Waals surface area contributed by atoms with Gasteiger partial charge in [0.05, 0.1) is 32.3 Å². The third-order valence-corrected chi connectivity index (χ3v) is 3.89. The monoisotopic (exact) mass is 348 g/mol. The van der Waals surface area contributed by atoms with Gasteiger partial charge in [0.25, 0.3) is 0 Å². The van der Waals surface area contributed by atoms with E-state index in [-0.39, 0.29) is 24.8 Å². The number of aliphatic hydroxyl groups is 1. The second kappa shape index (κ2) is 9.19. The molecule has 0 bridgehead atoms. The van der Waals surface area contributed by atoms with Crippen molar-refractivity contribution < 1.29 is 24.2 Å². The summed E-state index contributed by atoms with van der Waals surface area (Å²) in [4.78, 5) is 23.3. The van der Waals surface area contributed by atoms with Gasteiger partial charge in [0.1, 0.15) is 11.9 Å². The lowest BCUT2D eigenvalue weighted by Crippen LogP contribution is -2.48. The summed E-state index contributed by atoms with van der Waals surface area (Å²) in [6, 6.07) is 7.07. The summed E-state index contributed by atoms with van der Waals surface area (Å²) in [6.07, 6.45) is 2.61. The van der Waals surface area contributed by atoms with Gasteiger partial charge in [0, 0.05) is 19.0 Å². The first-order chi connectivity index (χ1) is 12.0. The largest absolute Gasteiger partial charge is 0.496 e. The molecule has 2 rings (SSSR count).